The highest BCUT2D eigenvalue weighted by atomic mass is 35.5. The molecule has 0 spiro atoms. The Balaban J connectivity index is 1.60. The van der Waals surface area contributed by atoms with Crippen molar-refractivity contribution in [2.75, 3.05) is 19.7 Å². The molecule has 4 rings (SSSR count). The summed E-state index contributed by atoms with van der Waals surface area (Å²) in [6.07, 6.45) is -1.28. The second-order valence-corrected chi connectivity index (χ2v) is 8.02. The summed E-state index contributed by atoms with van der Waals surface area (Å²) in [5.74, 6) is -1.44. The van der Waals surface area contributed by atoms with Crippen molar-refractivity contribution < 1.29 is 24.2 Å². The first kappa shape index (κ1) is 20.2. The first-order valence-corrected chi connectivity index (χ1v) is 10.1. The van der Waals surface area contributed by atoms with Gasteiger partial charge in [-0.2, -0.15) is 0 Å². The van der Waals surface area contributed by atoms with Crippen molar-refractivity contribution in [1.82, 2.24) is 9.80 Å². The van der Waals surface area contributed by atoms with Crippen molar-refractivity contribution in [3.63, 3.8) is 0 Å². The Bertz CT molecular complexity index is 950. The Kier molecular flexibility index (Phi) is 5.63. The van der Waals surface area contributed by atoms with Crippen LogP contribution in [0.25, 0.3) is 0 Å². The van der Waals surface area contributed by atoms with Gasteiger partial charge >= 0.3 is 12.2 Å². The van der Waals surface area contributed by atoms with E-state index >= 15 is 0 Å². The van der Waals surface area contributed by atoms with Crippen LogP contribution in [0.2, 0.25) is 5.02 Å². The van der Waals surface area contributed by atoms with Crippen LogP contribution in [-0.2, 0) is 16.0 Å². The third kappa shape index (κ3) is 3.98. The van der Waals surface area contributed by atoms with Crippen molar-refractivity contribution in [2.45, 2.75) is 18.4 Å². The number of cyclic esters (lactones) is 1. The third-order valence-electron chi connectivity index (χ3n) is 5.72. The number of carbonyl (C=O) groups is 3. The second-order valence-electron chi connectivity index (χ2n) is 7.58. The molecular weight excluding hydrogens is 408 g/mol. The standard InChI is InChI=1S/C22H21ClN2O5/c23-16-8-6-15(7-9-16)18-11-24(21(27)28)12-19(18)20(26)25-17(13-30-22(25)29)10-14-4-2-1-3-5-14/h1-9,17-19H,10-13H2,(H,27,28)/t17-,18+,19-/m1/s1. The van der Waals surface area contributed by atoms with Crippen LogP contribution in [0.15, 0.2) is 54.6 Å². The van der Waals surface area contributed by atoms with Crippen LogP contribution in [0.4, 0.5) is 9.59 Å². The lowest BCUT2D eigenvalue weighted by molar-refractivity contribution is -0.133. The van der Waals surface area contributed by atoms with E-state index in [1.54, 1.807) is 24.3 Å². The number of imide groups is 1. The van der Waals surface area contributed by atoms with Crippen LogP contribution in [-0.4, -0.2) is 58.7 Å². The molecule has 0 radical (unpaired) electrons. The molecule has 2 saturated heterocycles. The highest BCUT2D eigenvalue weighted by molar-refractivity contribution is 6.30. The molecule has 0 saturated carbocycles. The lowest BCUT2D eigenvalue weighted by Crippen LogP contribution is -2.45. The molecule has 8 heteroatoms. The van der Waals surface area contributed by atoms with Gasteiger partial charge in [0.1, 0.15) is 6.61 Å². The lowest BCUT2D eigenvalue weighted by Gasteiger charge is -2.25. The van der Waals surface area contributed by atoms with Crippen molar-refractivity contribution in [3.05, 3.63) is 70.7 Å². The minimum absolute atomic E-state index is 0.0310. The van der Waals surface area contributed by atoms with Gasteiger partial charge in [-0.15, -0.1) is 0 Å². The Morgan fingerprint density at radius 1 is 1.07 bits per heavy atom. The van der Waals surface area contributed by atoms with E-state index in [1.165, 1.54) is 9.80 Å². The fourth-order valence-electron chi connectivity index (χ4n) is 4.20. The molecule has 2 aliphatic rings. The van der Waals surface area contributed by atoms with Crippen LogP contribution in [0.1, 0.15) is 17.0 Å². The Labute approximate surface area is 178 Å². The van der Waals surface area contributed by atoms with Crippen molar-refractivity contribution in [3.8, 4) is 0 Å². The SMILES string of the molecule is O=C(O)N1C[C@@H](C(=O)N2C(=O)OC[C@H]2Cc2ccccc2)[C@H](c2ccc(Cl)cc2)C1. The average Bonchev–Trinajstić information content (AvgIpc) is 3.33. The maximum atomic E-state index is 13.5. The molecule has 30 heavy (non-hydrogen) atoms. The molecule has 0 aromatic heterocycles. The monoisotopic (exact) mass is 428 g/mol. The minimum atomic E-state index is -1.09. The molecule has 7 nitrogen and oxygen atoms in total. The second kappa shape index (κ2) is 8.36. The third-order valence-corrected chi connectivity index (χ3v) is 5.97. The number of hydrogen-bond donors (Lipinski definition) is 1. The van der Waals surface area contributed by atoms with E-state index in [0.717, 1.165) is 11.1 Å². The van der Waals surface area contributed by atoms with Gasteiger partial charge in [-0.05, 0) is 29.7 Å². The number of nitrogens with zero attached hydrogens (tertiary/aromatic N) is 2. The smallest absolute Gasteiger partial charge is 0.416 e. The Morgan fingerprint density at radius 2 is 1.77 bits per heavy atom. The number of halogens is 1. The molecule has 2 heterocycles. The molecule has 3 amide bonds. The molecule has 2 fully saturated rings. The number of hydrogen-bond acceptors (Lipinski definition) is 4. The number of carboxylic acid groups (broad SMARTS) is 1. The van der Waals surface area contributed by atoms with Crippen LogP contribution in [0.3, 0.4) is 0 Å². The Morgan fingerprint density at radius 3 is 2.43 bits per heavy atom. The average molecular weight is 429 g/mol. The van der Waals surface area contributed by atoms with E-state index in [1.807, 2.05) is 30.3 Å². The number of likely N-dealkylation sites (tertiary alicyclic amines) is 1. The molecule has 0 bridgehead atoms. The van der Waals surface area contributed by atoms with Gasteiger partial charge in [0.25, 0.3) is 0 Å². The predicted octanol–water partition coefficient (Wildman–Crippen LogP) is 3.62. The first-order valence-electron chi connectivity index (χ1n) is 9.71. The maximum absolute atomic E-state index is 13.5. The maximum Gasteiger partial charge on any atom is 0.416 e. The van der Waals surface area contributed by atoms with E-state index in [4.69, 9.17) is 16.3 Å². The summed E-state index contributed by atoms with van der Waals surface area (Å²) in [6, 6.07) is 16.2. The van der Waals surface area contributed by atoms with Gasteiger partial charge in [-0.1, -0.05) is 54.1 Å². The van der Waals surface area contributed by atoms with Crippen LogP contribution >= 0.6 is 11.6 Å². The van der Waals surface area contributed by atoms with E-state index in [0.29, 0.717) is 11.4 Å². The molecule has 2 aromatic carbocycles. The normalized spacial score (nSPS) is 23.5. The zero-order chi connectivity index (χ0) is 21.3. The molecule has 2 aliphatic heterocycles. The molecule has 1 N–H and O–H groups in total. The summed E-state index contributed by atoms with van der Waals surface area (Å²) in [5.41, 5.74) is 1.81. The van der Waals surface area contributed by atoms with Gasteiger partial charge in [-0.25, -0.2) is 14.5 Å². The fraction of sp³-hybridized carbons (Fsp3) is 0.318. The summed E-state index contributed by atoms with van der Waals surface area (Å²) in [5, 5.41) is 10.0. The van der Waals surface area contributed by atoms with Gasteiger partial charge in [0, 0.05) is 24.0 Å². The summed E-state index contributed by atoms with van der Waals surface area (Å²) < 4.78 is 5.18. The molecular formula is C22H21ClN2O5. The number of rotatable bonds is 4. The zero-order valence-corrected chi connectivity index (χ0v) is 16.9. The summed E-state index contributed by atoms with van der Waals surface area (Å²) >= 11 is 5.97. The van der Waals surface area contributed by atoms with Crippen LogP contribution in [0, 0.1) is 5.92 Å². The van der Waals surface area contributed by atoms with Gasteiger partial charge < -0.3 is 14.7 Å². The first-order chi connectivity index (χ1) is 14.4. The van der Waals surface area contributed by atoms with Gasteiger partial charge in [0.15, 0.2) is 0 Å². The van der Waals surface area contributed by atoms with E-state index in [2.05, 4.69) is 0 Å². The van der Waals surface area contributed by atoms with Crippen molar-refractivity contribution >= 4 is 29.7 Å². The highest BCUT2D eigenvalue weighted by Crippen LogP contribution is 2.36. The topological polar surface area (TPSA) is 87.2 Å². The highest BCUT2D eigenvalue weighted by Gasteiger charge is 2.47. The van der Waals surface area contributed by atoms with E-state index < -0.39 is 30.1 Å². The van der Waals surface area contributed by atoms with Crippen molar-refractivity contribution in [1.29, 1.82) is 0 Å². The number of carbonyl (C=O) groups excluding carboxylic acids is 2. The zero-order valence-electron chi connectivity index (χ0n) is 16.1. The van der Waals surface area contributed by atoms with Gasteiger partial charge in [-0.3, -0.25) is 4.79 Å². The summed E-state index contributed by atoms with van der Waals surface area (Å²) in [7, 11) is 0. The van der Waals surface area contributed by atoms with Crippen LogP contribution < -0.4 is 0 Å². The molecule has 0 unspecified atom stereocenters. The lowest BCUT2D eigenvalue weighted by atomic mass is 9.87. The molecule has 2 aromatic rings. The van der Waals surface area contributed by atoms with Crippen molar-refractivity contribution in [2.24, 2.45) is 5.92 Å². The number of amides is 3. The van der Waals surface area contributed by atoms with Gasteiger partial charge in [0.2, 0.25) is 5.91 Å². The summed E-state index contributed by atoms with van der Waals surface area (Å²) in [4.78, 5) is 39.8. The molecule has 0 aliphatic carbocycles. The summed E-state index contributed by atoms with van der Waals surface area (Å²) in [6.45, 7) is 0.337. The van der Waals surface area contributed by atoms with E-state index in [-0.39, 0.29) is 25.6 Å². The fourth-order valence-corrected chi connectivity index (χ4v) is 4.33. The quantitative estimate of drug-likeness (QED) is 0.803. The molecule has 3 atom stereocenters. The van der Waals surface area contributed by atoms with E-state index in [9.17, 15) is 19.5 Å². The predicted molar refractivity (Wildman–Crippen MR) is 109 cm³/mol. The number of benzene rings is 2. The van der Waals surface area contributed by atoms with Crippen LogP contribution in [0.5, 0.6) is 0 Å². The Hall–Kier alpha value is -3.06. The largest absolute Gasteiger partial charge is 0.465 e. The minimum Gasteiger partial charge on any atom is -0.465 e. The number of ether oxygens (including phenoxy) is 1. The molecule has 156 valence electrons. The van der Waals surface area contributed by atoms with Gasteiger partial charge in [0.05, 0.1) is 12.0 Å².